The van der Waals surface area contributed by atoms with Crippen LogP contribution in [-0.4, -0.2) is 19.2 Å². The van der Waals surface area contributed by atoms with E-state index < -0.39 is 0 Å². The molecule has 1 rings (SSSR count). The van der Waals surface area contributed by atoms with Gasteiger partial charge in [0.25, 0.3) is 0 Å². The maximum atomic E-state index is 5.48. The van der Waals surface area contributed by atoms with Crippen LogP contribution in [0.25, 0.3) is 0 Å². The molecule has 2 heteroatoms. The van der Waals surface area contributed by atoms with Crippen LogP contribution < -0.4 is 10.1 Å². The molecule has 0 bridgehead atoms. The van der Waals surface area contributed by atoms with Gasteiger partial charge in [0.05, 0.1) is 7.11 Å². The first-order valence-corrected chi connectivity index (χ1v) is 7.21. The lowest BCUT2D eigenvalue weighted by Crippen LogP contribution is -2.43. The van der Waals surface area contributed by atoms with E-state index in [0.29, 0.717) is 0 Å². The average molecular weight is 275 g/mol. The van der Waals surface area contributed by atoms with Crippen molar-refractivity contribution in [2.75, 3.05) is 13.7 Å². The summed E-state index contributed by atoms with van der Waals surface area (Å²) in [7, 11) is 1.73. The number of ether oxygens (including phenoxy) is 1. The molecule has 0 heterocycles. The van der Waals surface area contributed by atoms with Crippen molar-refractivity contribution in [1.29, 1.82) is 0 Å². The van der Waals surface area contributed by atoms with Crippen LogP contribution in [0.3, 0.4) is 0 Å². The normalized spacial score (nSPS) is 14.7. The van der Waals surface area contributed by atoms with Crippen molar-refractivity contribution in [1.82, 2.24) is 5.32 Å². The average Bonchev–Trinajstić information content (AvgIpc) is 2.36. The molecule has 1 unspecified atom stereocenters. The topological polar surface area (TPSA) is 21.3 Å². The lowest BCUT2D eigenvalue weighted by Gasteiger charge is -2.31. The minimum atomic E-state index is 0.00829. The zero-order chi connectivity index (χ0) is 15.4. The number of rotatable bonds is 6. The molecule has 0 fully saturated rings. The third-order valence-corrected chi connectivity index (χ3v) is 3.55. The van der Waals surface area contributed by atoms with Crippen molar-refractivity contribution in [2.45, 2.75) is 46.6 Å². The molecule has 0 aliphatic carbocycles. The van der Waals surface area contributed by atoms with Gasteiger partial charge in [0, 0.05) is 17.5 Å². The summed E-state index contributed by atoms with van der Waals surface area (Å²) in [6, 6.07) is 6.34. The smallest absolute Gasteiger partial charge is 0.122 e. The fourth-order valence-electron chi connectivity index (χ4n) is 2.15. The maximum absolute atomic E-state index is 5.48. The van der Waals surface area contributed by atoms with E-state index in [1.807, 2.05) is 12.1 Å². The molecule has 0 saturated carbocycles. The highest BCUT2D eigenvalue weighted by Gasteiger charge is 2.24. The van der Waals surface area contributed by atoms with Gasteiger partial charge < -0.3 is 10.1 Å². The van der Waals surface area contributed by atoms with Crippen LogP contribution in [0.5, 0.6) is 5.75 Å². The van der Waals surface area contributed by atoms with Crippen molar-refractivity contribution in [3.63, 3.8) is 0 Å². The molecule has 0 radical (unpaired) electrons. The van der Waals surface area contributed by atoms with E-state index in [1.165, 1.54) is 11.1 Å². The van der Waals surface area contributed by atoms with E-state index in [9.17, 15) is 0 Å². The monoisotopic (exact) mass is 275 g/mol. The predicted octanol–water partition coefficient (Wildman–Crippen LogP) is 4.13. The quantitative estimate of drug-likeness (QED) is 0.788. The number of benzene rings is 1. The zero-order valence-corrected chi connectivity index (χ0v) is 13.8. The van der Waals surface area contributed by atoms with E-state index in [1.54, 1.807) is 7.11 Å². The van der Waals surface area contributed by atoms with Gasteiger partial charge in [0.15, 0.2) is 0 Å². The van der Waals surface area contributed by atoms with Gasteiger partial charge in [-0.3, -0.25) is 0 Å². The Balaban J connectivity index is 2.92. The second-order valence-corrected chi connectivity index (χ2v) is 6.95. The molecule has 112 valence electrons. The van der Waals surface area contributed by atoms with Crippen LogP contribution in [0.4, 0.5) is 0 Å². The van der Waals surface area contributed by atoms with Crippen LogP contribution >= 0.6 is 0 Å². The van der Waals surface area contributed by atoms with Gasteiger partial charge in [0.2, 0.25) is 0 Å². The Labute approximate surface area is 124 Å². The van der Waals surface area contributed by atoms with Gasteiger partial charge in [-0.15, -0.1) is 6.58 Å². The number of hydrogen-bond donors (Lipinski definition) is 1. The van der Waals surface area contributed by atoms with E-state index in [0.717, 1.165) is 18.7 Å². The molecule has 0 amide bonds. The fourth-order valence-corrected chi connectivity index (χ4v) is 2.15. The number of nitrogens with one attached hydrogen (secondary N) is 1. The third kappa shape index (κ3) is 5.01. The van der Waals surface area contributed by atoms with E-state index in [2.05, 4.69) is 58.6 Å². The summed E-state index contributed by atoms with van der Waals surface area (Å²) in [4.78, 5) is 0. The summed E-state index contributed by atoms with van der Waals surface area (Å²) in [6.07, 6.45) is 2.97. The standard InChI is InChI=1S/C18H29NO/c1-8-18(6,13-19-17(3,4)5)12-15-11-14(2)9-10-16(15)20-7/h8-11,19H,1,12-13H2,2-7H3. The third-order valence-electron chi connectivity index (χ3n) is 3.55. The van der Waals surface area contributed by atoms with Crippen LogP contribution in [0.1, 0.15) is 38.8 Å². The summed E-state index contributed by atoms with van der Waals surface area (Å²) >= 11 is 0. The lowest BCUT2D eigenvalue weighted by atomic mass is 9.82. The first-order valence-electron chi connectivity index (χ1n) is 7.21. The van der Waals surface area contributed by atoms with Gasteiger partial charge >= 0.3 is 0 Å². The molecule has 0 aliphatic heterocycles. The fraction of sp³-hybridized carbons (Fsp3) is 0.556. The van der Waals surface area contributed by atoms with Crippen LogP contribution in [0, 0.1) is 12.3 Å². The highest BCUT2D eigenvalue weighted by atomic mass is 16.5. The van der Waals surface area contributed by atoms with Crippen LogP contribution in [-0.2, 0) is 6.42 Å². The first-order chi connectivity index (χ1) is 9.19. The SMILES string of the molecule is C=CC(C)(CNC(C)(C)C)Cc1cc(C)ccc1OC. The highest BCUT2D eigenvalue weighted by Crippen LogP contribution is 2.30. The Hall–Kier alpha value is -1.28. The van der Waals surface area contributed by atoms with E-state index >= 15 is 0 Å². The molecule has 1 aromatic carbocycles. The molecule has 20 heavy (non-hydrogen) atoms. The summed E-state index contributed by atoms with van der Waals surface area (Å²) in [5.74, 6) is 0.958. The molecule has 0 aliphatic rings. The summed E-state index contributed by atoms with van der Waals surface area (Å²) < 4.78 is 5.48. The molecule has 1 N–H and O–H groups in total. The minimum absolute atomic E-state index is 0.00829. The minimum Gasteiger partial charge on any atom is -0.496 e. The van der Waals surface area contributed by atoms with Gasteiger partial charge in [0.1, 0.15) is 5.75 Å². The maximum Gasteiger partial charge on any atom is 0.122 e. The Kier molecular flexibility index (Phi) is 5.41. The lowest BCUT2D eigenvalue weighted by molar-refractivity contribution is 0.318. The Morgan fingerprint density at radius 2 is 1.90 bits per heavy atom. The van der Waals surface area contributed by atoms with Crippen LogP contribution in [0.15, 0.2) is 30.9 Å². The van der Waals surface area contributed by atoms with E-state index in [4.69, 9.17) is 4.74 Å². The van der Waals surface area contributed by atoms with E-state index in [-0.39, 0.29) is 11.0 Å². The summed E-state index contributed by atoms with van der Waals surface area (Å²) in [5, 5.41) is 3.57. The summed E-state index contributed by atoms with van der Waals surface area (Å²) in [5.41, 5.74) is 2.62. The van der Waals surface area contributed by atoms with Crippen LogP contribution in [0.2, 0.25) is 0 Å². The van der Waals surface area contributed by atoms with Crippen molar-refractivity contribution in [2.24, 2.45) is 5.41 Å². The van der Waals surface area contributed by atoms with Crippen molar-refractivity contribution in [3.8, 4) is 5.75 Å². The second-order valence-electron chi connectivity index (χ2n) is 6.95. The molecule has 0 aromatic heterocycles. The Morgan fingerprint density at radius 1 is 1.25 bits per heavy atom. The van der Waals surface area contributed by atoms with Gasteiger partial charge in [-0.1, -0.05) is 30.7 Å². The van der Waals surface area contributed by atoms with Gasteiger partial charge in [-0.2, -0.15) is 0 Å². The molecule has 0 spiro atoms. The predicted molar refractivity (Wildman–Crippen MR) is 87.5 cm³/mol. The molecular weight excluding hydrogens is 246 g/mol. The molecular formula is C18H29NO. The molecule has 1 aromatic rings. The first kappa shape index (κ1) is 16.8. The Bertz CT molecular complexity index is 459. The number of aryl methyl sites for hydroxylation is 1. The Morgan fingerprint density at radius 3 is 2.40 bits per heavy atom. The van der Waals surface area contributed by atoms with Crippen molar-refractivity contribution < 1.29 is 4.74 Å². The van der Waals surface area contributed by atoms with Gasteiger partial charge in [-0.05, 0) is 45.7 Å². The summed E-state index contributed by atoms with van der Waals surface area (Å²) in [6.45, 7) is 15.8. The molecule has 1 atom stereocenters. The largest absolute Gasteiger partial charge is 0.496 e. The van der Waals surface area contributed by atoms with Crippen molar-refractivity contribution >= 4 is 0 Å². The highest BCUT2D eigenvalue weighted by molar-refractivity contribution is 5.38. The molecule has 2 nitrogen and oxygen atoms in total. The van der Waals surface area contributed by atoms with Crippen molar-refractivity contribution in [3.05, 3.63) is 42.0 Å². The zero-order valence-electron chi connectivity index (χ0n) is 13.8. The number of methoxy groups -OCH3 is 1. The second kappa shape index (κ2) is 6.45. The number of hydrogen-bond acceptors (Lipinski definition) is 2. The molecule has 0 saturated heterocycles. The van der Waals surface area contributed by atoms with Gasteiger partial charge in [-0.25, -0.2) is 0 Å².